The van der Waals surface area contributed by atoms with Crippen molar-refractivity contribution in [3.8, 4) is 0 Å². The summed E-state index contributed by atoms with van der Waals surface area (Å²) >= 11 is 0. The zero-order valence-corrected chi connectivity index (χ0v) is 12.8. The van der Waals surface area contributed by atoms with Gasteiger partial charge >= 0.3 is 0 Å². The third-order valence-electron chi connectivity index (χ3n) is 3.61. The van der Waals surface area contributed by atoms with Gasteiger partial charge in [0.15, 0.2) is 0 Å². The Morgan fingerprint density at radius 2 is 1.84 bits per heavy atom. The SMILES string of the molecule is CCC(CC)N(C)c1ccc(F)cc1CNC(C)C. The van der Waals surface area contributed by atoms with Crippen LogP contribution in [0.2, 0.25) is 0 Å². The molecular weight excluding hydrogens is 239 g/mol. The van der Waals surface area contributed by atoms with E-state index in [0.717, 1.165) is 24.1 Å². The molecular formula is C16H27FN2. The molecule has 0 amide bonds. The summed E-state index contributed by atoms with van der Waals surface area (Å²) in [6.45, 7) is 9.29. The normalized spacial score (nSPS) is 11.4. The van der Waals surface area contributed by atoms with Crippen LogP contribution in [0, 0.1) is 5.82 Å². The van der Waals surface area contributed by atoms with Gasteiger partial charge in [-0.1, -0.05) is 27.7 Å². The van der Waals surface area contributed by atoms with Gasteiger partial charge in [0.05, 0.1) is 0 Å². The number of nitrogens with zero attached hydrogens (tertiary/aromatic N) is 1. The first-order valence-corrected chi connectivity index (χ1v) is 7.24. The van der Waals surface area contributed by atoms with Crippen LogP contribution in [0.3, 0.4) is 0 Å². The Morgan fingerprint density at radius 3 is 2.37 bits per heavy atom. The molecule has 0 unspecified atom stereocenters. The molecule has 0 atom stereocenters. The molecule has 2 nitrogen and oxygen atoms in total. The number of hydrogen-bond donors (Lipinski definition) is 1. The lowest BCUT2D eigenvalue weighted by molar-refractivity contribution is 0.567. The monoisotopic (exact) mass is 266 g/mol. The minimum absolute atomic E-state index is 0.165. The molecule has 0 saturated heterocycles. The molecule has 0 aliphatic heterocycles. The fraction of sp³-hybridized carbons (Fsp3) is 0.625. The van der Waals surface area contributed by atoms with E-state index in [4.69, 9.17) is 0 Å². The van der Waals surface area contributed by atoms with E-state index in [-0.39, 0.29) is 5.82 Å². The molecule has 0 heterocycles. The predicted octanol–water partition coefficient (Wildman–Crippen LogP) is 3.95. The van der Waals surface area contributed by atoms with Crippen molar-refractivity contribution in [2.75, 3.05) is 11.9 Å². The predicted molar refractivity (Wildman–Crippen MR) is 81.1 cm³/mol. The Morgan fingerprint density at radius 1 is 1.21 bits per heavy atom. The Balaban J connectivity index is 2.98. The van der Waals surface area contributed by atoms with Crippen LogP contribution in [-0.2, 0) is 6.54 Å². The smallest absolute Gasteiger partial charge is 0.123 e. The second-order valence-corrected chi connectivity index (χ2v) is 5.39. The second-order valence-electron chi connectivity index (χ2n) is 5.39. The zero-order valence-electron chi connectivity index (χ0n) is 12.8. The van der Waals surface area contributed by atoms with Crippen LogP contribution in [0.15, 0.2) is 18.2 Å². The first-order valence-electron chi connectivity index (χ1n) is 7.24. The number of benzene rings is 1. The Labute approximate surface area is 117 Å². The van der Waals surface area contributed by atoms with E-state index in [1.54, 1.807) is 12.1 Å². The maximum absolute atomic E-state index is 13.5. The van der Waals surface area contributed by atoms with Gasteiger partial charge in [0.1, 0.15) is 5.82 Å². The molecule has 0 aliphatic rings. The van der Waals surface area contributed by atoms with Crippen LogP contribution >= 0.6 is 0 Å². The largest absolute Gasteiger partial charge is 0.371 e. The third-order valence-corrected chi connectivity index (χ3v) is 3.61. The number of rotatable bonds is 7. The van der Waals surface area contributed by atoms with Crippen LogP contribution in [0.5, 0.6) is 0 Å². The summed E-state index contributed by atoms with van der Waals surface area (Å²) in [6.07, 6.45) is 2.20. The molecule has 108 valence electrons. The maximum Gasteiger partial charge on any atom is 0.123 e. The van der Waals surface area contributed by atoms with Crippen LogP contribution in [0.4, 0.5) is 10.1 Å². The highest BCUT2D eigenvalue weighted by molar-refractivity contribution is 5.54. The molecule has 0 spiro atoms. The molecule has 0 radical (unpaired) electrons. The van der Waals surface area contributed by atoms with Crippen LogP contribution < -0.4 is 10.2 Å². The highest BCUT2D eigenvalue weighted by Crippen LogP contribution is 2.24. The first-order chi connectivity index (χ1) is 8.99. The molecule has 3 heteroatoms. The lowest BCUT2D eigenvalue weighted by Crippen LogP contribution is -2.32. The highest BCUT2D eigenvalue weighted by atomic mass is 19.1. The van der Waals surface area contributed by atoms with Gasteiger partial charge in [-0.3, -0.25) is 0 Å². The van der Waals surface area contributed by atoms with Gasteiger partial charge in [0, 0.05) is 31.4 Å². The van der Waals surface area contributed by atoms with Crippen LogP contribution in [0.1, 0.15) is 46.1 Å². The quantitative estimate of drug-likeness (QED) is 0.804. The Kier molecular flexibility index (Phi) is 6.29. The van der Waals surface area contributed by atoms with Crippen molar-refractivity contribution in [1.29, 1.82) is 0 Å². The van der Waals surface area contributed by atoms with E-state index >= 15 is 0 Å². The van der Waals surface area contributed by atoms with Gasteiger partial charge in [-0.15, -0.1) is 0 Å². The van der Waals surface area contributed by atoms with E-state index < -0.39 is 0 Å². The summed E-state index contributed by atoms with van der Waals surface area (Å²) in [4.78, 5) is 2.27. The third kappa shape index (κ3) is 4.50. The van der Waals surface area contributed by atoms with Gasteiger partial charge < -0.3 is 10.2 Å². The minimum atomic E-state index is -0.165. The molecule has 0 bridgehead atoms. The molecule has 1 aromatic rings. The van der Waals surface area contributed by atoms with E-state index in [1.807, 2.05) is 6.07 Å². The summed E-state index contributed by atoms with van der Waals surface area (Å²) < 4.78 is 13.5. The molecule has 19 heavy (non-hydrogen) atoms. The summed E-state index contributed by atoms with van der Waals surface area (Å²) in [6, 6.07) is 5.99. The van der Waals surface area contributed by atoms with Crippen molar-refractivity contribution in [3.05, 3.63) is 29.6 Å². The lowest BCUT2D eigenvalue weighted by Gasteiger charge is -2.30. The number of anilines is 1. The standard InChI is InChI=1S/C16H27FN2/c1-6-15(7-2)19(5)16-9-8-14(17)10-13(16)11-18-12(3)4/h8-10,12,15,18H,6-7,11H2,1-5H3. The zero-order chi connectivity index (χ0) is 14.4. The van der Waals surface area contributed by atoms with E-state index in [2.05, 4.69) is 45.0 Å². The van der Waals surface area contributed by atoms with Gasteiger partial charge in [-0.05, 0) is 36.6 Å². The lowest BCUT2D eigenvalue weighted by atomic mass is 10.1. The van der Waals surface area contributed by atoms with E-state index in [1.165, 1.54) is 0 Å². The van der Waals surface area contributed by atoms with Crippen LogP contribution in [0.25, 0.3) is 0 Å². The molecule has 0 aromatic heterocycles. The Hall–Kier alpha value is -1.09. The minimum Gasteiger partial charge on any atom is -0.371 e. The van der Waals surface area contributed by atoms with Crippen molar-refractivity contribution in [1.82, 2.24) is 5.32 Å². The second kappa shape index (κ2) is 7.49. The maximum atomic E-state index is 13.5. The summed E-state index contributed by atoms with van der Waals surface area (Å²) in [5.41, 5.74) is 2.16. The summed E-state index contributed by atoms with van der Waals surface area (Å²) in [5, 5.41) is 3.37. The van der Waals surface area contributed by atoms with Gasteiger partial charge in [-0.2, -0.15) is 0 Å². The molecule has 1 rings (SSSR count). The van der Waals surface area contributed by atoms with Crippen LogP contribution in [-0.4, -0.2) is 19.1 Å². The molecule has 0 aliphatic carbocycles. The fourth-order valence-corrected chi connectivity index (χ4v) is 2.39. The van der Waals surface area contributed by atoms with Crippen molar-refractivity contribution >= 4 is 5.69 Å². The number of hydrogen-bond acceptors (Lipinski definition) is 2. The van der Waals surface area contributed by atoms with Crippen molar-refractivity contribution in [2.45, 2.75) is 59.2 Å². The van der Waals surface area contributed by atoms with Crippen molar-refractivity contribution in [2.24, 2.45) is 0 Å². The average Bonchev–Trinajstić information content (AvgIpc) is 2.37. The topological polar surface area (TPSA) is 15.3 Å². The average molecular weight is 266 g/mol. The van der Waals surface area contributed by atoms with Gasteiger partial charge in [-0.25, -0.2) is 4.39 Å². The van der Waals surface area contributed by atoms with Gasteiger partial charge in [0.25, 0.3) is 0 Å². The van der Waals surface area contributed by atoms with Crippen molar-refractivity contribution in [3.63, 3.8) is 0 Å². The van der Waals surface area contributed by atoms with Gasteiger partial charge in [0.2, 0.25) is 0 Å². The highest BCUT2D eigenvalue weighted by Gasteiger charge is 2.15. The Bertz CT molecular complexity index is 386. The number of nitrogens with one attached hydrogen (secondary N) is 1. The molecule has 0 saturated carbocycles. The van der Waals surface area contributed by atoms with E-state index in [0.29, 0.717) is 18.6 Å². The molecule has 0 fully saturated rings. The summed E-state index contributed by atoms with van der Waals surface area (Å²) in [7, 11) is 2.10. The molecule has 1 N–H and O–H groups in total. The fourth-order valence-electron chi connectivity index (χ4n) is 2.39. The van der Waals surface area contributed by atoms with Crippen molar-refractivity contribution < 1.29 is 4.39 Å². The summed E-state index contributed by atoms with van der Waals surface area (Å²) in [5.74, 6) is -0.165. The first kappa shape index (κ1) is 16.0. The van der Waals surface area contributed by atoms with E-state index in [9.17, 15) is 4.39 Å². The molecule has 1 aromatic carbocycles. The number of halogens is 1.